The van der Waals surface area contributed by atoms with Gasteiger partial charge in [-0.05, 0) is 26.7 Å². The Balaban J connectivity index is -0.000000198. The van der Waals surface area contributed by atoms with E-state index in [1.165, 1.54) is 110 Å². The van der Waals surface area contributed by atoms with Crippen molar-refractivity contribution in [3.05, 3.63) is 11.8 Å². The number of rotatable bonds is 20. The zero-order valence-electron chi connectivity index (χ0n) is 23.1. The third kappa shape index (κ3) is 48.9. The Morgan fingerprint density at radius 3 is 1.15 bits per heavy atom. The molecule has 3 N–H and O–H groups in total. The Kier molecular flexibility index (Phi) is 47.8. The van der Waals surface area contributed by atoms with E-state index in [4.69, 9.17) is 15.3 Å². The van der Waals surface area contributed by atoms with E-state index in [-0.39, 0.29) is 27.5 Å². The van der Waals surface area contributed by atoms with E-state index in [0.29, 0.717) is 19.8 Å². The summed E-state index contributed by atoms with van der Waals surface area (Å²) in [5.41, 5.74) is 0. The Labute approximate surface area is 227 Å². The second kappa shape index (κ2) is 39.8. The topological polar surface area (TPSA) is 87.0 Å². The van der Waals surface area contributed by atoms with Crippen LogP contribution >= 0.6 is 0 Å². The molecule has 0 aromatic carbocycles. The van der Waals surface area contributed by atoms with Crippen molar-refractivity contribution in [1.29, 1.82) is 0 Å². The van der Waals surface area contributed by atoms with Crippen LogP contribution in [0.2, 0.25) is 0 Å². The number of aliphatic hydroxyl groups excluding tert-OH is 3. The second-order valence-corrected chi connectivity index (χ2v) is 8.64. The largest absolute Gasteiger partial charge is 0.512 e. The number of unbranched alkanes of at least 4 members (excludes halogenated alkanes) is 16. The summed E-state index contributed by atoms with van der Waals surface area (Å²) < 4.78 is 4.48. The summed E-state index contributed by atoms with van der Waals surface area (Å²) in [6, 6.07) is 0. The van der Waals surface area contributed by atoms with Gasteiger partial charge in [-0.25, -0.2) is 4.79 Å². The third-order valence-electron chi connectivity index (χ3n) is 5.14. The van der Waals surface area contributed by atoms with Crippen molar-refractivity contribution in [3.8, 4) is 0 Å². The average molecular weight is 523 g/mol. The molecule has 0 heterocycles. The van der Waals surface area contributed by atoms with E-state index >= 15 is 0 Å². The first kappa shape index (κ1) is 40.8. The van der Waals surface area contributed by atoms with Crippen molar-refractivity contribution in [2.75, 3.05) is 19.8 Å². The monoisotopic (exact) mass is 522 g/mol. The van der Waals surface area contributed by atoms with Crippen molar-refractivity contribution in [2.45, 2.75) is 143 Å². The van der Waals surface area contributed by atoms with E-state index in [9.17, 15) is 4.79 Å². The number of hydrogen-bond acceptors (Lipinski definition) is 5. The number of carbonyl (C=O) groups excluding carboxylic acids is 1. The van der Waals surface area contributed by atoms with Gasteiger partial charge in [-0.3, -0.25) is 0 Å². The molecule has 0 aliphatic carbocycles. The van der Waals surface area contributed by atoms with Crippen LogP contribution in [0.5, 0.6) is 0 Å². The molecule has 0 aromatic rings. The number of esters is 1. The van der Waals surface area contributed by atoms with Gasteiger partial charge in [0.15, 0.2) is 0 Å². The molecular weight excluding hydrogens is 464 g/mol. The zero-order valence-corrected chi connectivity index (χ0v) is 24.6. The Hall–Kier alpha value is -0.356. The molecule has 0 rings (SSSR count). The van der Waals surface area contributed by atoms with E-state index in [1.807, 2.05) is 0 Å². The summed E-state index contributed by atoms with van der Waals surface area (Å²) in [5, 5.41) is 25.6. The van der Waals surface area contributed by atoms with Crippen LogP contribution in [0.3, 0.4) is 0 Å². The van der Waals surface area contributed by atoms with Gasteiger partial charge in [0.1, 0.15) is 0 Å². The maximum absolute atomic E-state index is 10.4. The molecule has 0 amide bonds. The van der Waals surface area contributed by atoms with Gasteiger partial charge < -0.3 is 20.1 Å². The van der Waals surface area contributed by atoms with Crippen molar-refractivity contribution in [3.63, 3.8) is 0 Å². The van der Waals surface area contributed by atoms with Crippen LogP contribution in [-0.4, -0.2) is 41.1 Å². The maximum atomic E-state index is 10.4. The predicted molar refractivity (Wildman–Crippen MR) is 142 cm³/mol. The van der Waals surface area contributed by atoms with Crippen molar-refractivity contribution >= 4 is 5.97 Å². The molecule has 0 aliphatic rings. The van der Waals surface area contributed by atoms with Gasteiger partial charge in [0.2, 0.25) is 0 Å². The second-order valence-electron chi connectivity index (χ2n) is 8.64. The summed E-state index contributed by atoms with van der Waals surface area (Å²) in [6.45, 7) is 8.70. The number of allylic oxidation sites excluding steroid dienone is 1. The number of hydrogen-bond donors (Lipinski definition) is 3. The minimum Gasteiger partial charge on any atom is -0.512 e. The van der Waals surface area contributed by atoms with E-state index in [1.54, 1.807) is 6.92 Å². The van der Waals surface area contributed by atoms with Crippen LogP contribution in [0.15, 0.2) is 11.8 Å². The fourth-order valence-electron chi connectivity index (χ4n) is 3.20. The van der Waals surface area contributed by atoms with Gasteiger partial charge in [-0.15, -0.1) is 0 Å². The summed E-state index contributed by atoms with van der Waals surface area (Å²) in [7, 11) is 0. The molecule has 6 heteroatoms. The molecule has 34 heavy (non-hydrogen) atoms. The molecule has 0 radical (unpaired) electrons. The molecule has 5 nitrogen and oxygen atoms in total. The Morgan fingerprint density at radius 2 is 0.912 bits per heavy atom. The zero-order chi connectivity index (χ0) is 25.4. The fourth-order valence-corrected chi connectivity index (χ4v) is 3.20. The predicted octanol–water partition coefficient (Wildman–Crippen LogP) is 8.03. The van der Waals surface area contributed by atoms with Gasteiger partial charge in [0.05, 0.1) is 18.4 Å². The van der Waals surface area contributed by atoms with Crippen molar-refractivity contribution < 1.29 is 46.6 Å². The van der Waals surface area contributed by atoms with E-state index in [2.05, 4.69) is 18.6 Å². The molecule has 0 spiro atoms. The van der Waals surface area contributed by atoms with Gasteiger partial charge in [-0.2, -0.15) is 0 Å². The number of carbonyl (C=O) groups is 1. The molecule has 0 bridgehead atoms. The average Bonchev–Trinajstić information content (AvgIpc) is 2.78. The normalized spacial score (nSPS) is 10.4. The SMILES string of the molecule is CCCCCCCCCCCO.CCCCCCCCCCCO.CCOC(=O)/C=C(/C)O.[Ti]. The van der Waals surface area contributed by atoms with Gasteiger partial charge in [0, 0.05) is 34.9 Å². The summed E-state index contributed by atoms with van der Waals surface area (Å²) in [5.74, 6) is -0.536. The number of aliphatic hydroxyl groups is 3. The first-order valence-electron chi connectivity index (χ1n) is 13.8. The minimum atomic E-state index is -0.502. The van der Waals surface area contributed by atoms with Gasteiger partial charge in [-0.1, -0.05) is 117 Å². The molecule has 0 aliphatic heterocycles. The van der Waals surface area contributed by atoms with Crippen LogP contribution in [0.4, 0.5) is 0 Å². The minimum absolute atomic E-state index is 0. The quantitative estimate of drug-likeness (QED) is 0.0495. The Morgan fingerprint density at radius 1 is 0.618 bits per heavy atom. The molecule has 0 aromatic heterocycles. The summed E-state index contributed by atoms with van der Waals surface area (Å²) in [4.78, 5) is 10.4. The summed E-state index contributed by atoms with van der Waals surface area (Å²) in [6.07, 6.45) is 24.7. The maximum Gasteiger partial charge on any atom is 0.334 e. The van der Waals surface area contributed by atoms with Crippen LogP contribution in [0.25, 0.3) is 0 Å². The first-order valence-corrected chi connectivity index (χ1v) is 13.8. The van der Waals surface area contributed by atoms with Gasteiger partial charge >= 0.3 is 5.97 Å². The smallest absolute Gasteiger partial charge is 0.334 e. The van der Waals surface area contributed by atoms with Crippen LogP contribution in [-0.2, 0) is 31.2 Å². The van der Waals surface area contributed by atoms with Crippen LogP contribution < -0.4 is 0 Å². The van der Waals surface area contributed by atoms with Crippen LogP contribution in [0.1, 0.15) is 143 Å². The standard InChI is InChI=1S/2C11H24O.C6H10O3.Ti/c2*1-2-3-4-5-6-7-8-9-10-11-12;1-3-9-6(8)4-5(2)7;/h2*12H,2-11H2,1H3;4,7H,3H2,1-2H3;/b;;5-4-;. The van der Waals surface area contributed by atoms with E-state index < -0.39 is 5.97 Å². The van der Waals surface area contributed by atoms with Crippen molar-refractivity contribution in [2.24, 2.45) is 0 Å². The van der Waals surface area contributed by atoms with Crippen LogP contribution in [0, 0.1) is 0 Å². The summed E-state index contributed by atoms with van der Waals surface area (Å²) >= 11 is 0. The molecule has 204 valence electrons. The third-order valence-corrected chi connectivity index (χ3v) is 5.14. The fraction of sp³-hybridized carbons (Fsp3) is 0.893. The van der Waals surface area contributed by atoms with E-state index in [0.717, 1.165) is 18.9 Å². The molecule has 0 fully saturated rings. The van der Waals surface area contributed by atoms with Gasteiger partial charge in [0.25, 0.3) is 0 Å². The van der Waals surface area contributed by atoms with Crippen molar-refractivity contribution in [1.82, 2.24) is 0 Å². The first-order chi connectivity index (χ1) is 16.0. The molecule has 0 unspecified atom stereocenters. The molecular formula is C28H58O5Ti. The molecule has 0 atom stereocenters. The molecule has 0 saturated carbocycles. The molecule has 0 saturated heterocycles. The Bertz CT molecular complexity index is 345. The number of ether oxygens (including phenoxy) is 1.